The summed E-state index contributed by atoms with van der Waals surface area (Å²) in [5.41, 5.74) is -0.486. The van der Waals surface area contributed by atoms with E-state index in [1.165, 1.54) is 16.8 Å². The van der Waals surface area contributed by atoms with Crippen LogP contribution in [0.5, 0.6) is 0 Å². The number of oxazole rings is 1. The number of fused-ring (bicyclic) bond motifs is 1. The van der Waals surface area contributed by atoms with Crippen LogP contribution in [-0.4, -0.2) is 27.7 Å². The molecule has 0 N–H and O–H groups in total. The zero-order chi connectivity index (χ0) is 15.9. The molecule has 0 saturated carbocycles. The van der Waals surface area contributed by atoms with Crippen molar-refractivity contribution in [2.24, 2.45) is 0 Å². The van der Waals surface area contributed by atoms with Gasteiger partial charge in [0.1, 0.15) is 0 Å². The summed E-state index contributed by atoms with van der Waals surface area (Å²) in [6.45, 7) is 0. The Morgan fingerprint density at radius 2 is 2.14 bits per heavy atom. The normalized spacial score (nSPS) is 11.8. The van der Waals surface area contributed by atoms with Gasteiger partial charge in [0.2, 0.25) is 11.7 Å². The molecule has 0 amide bonds. The zero-order valence-corrected chi connectivity index (χ0v) is 11.1. The maximum Gasteiger partial charge on any atom is 0.437 e. The Morgan fingerprint density at radius 1 is 1.36 bits per heavy atom. The molecule has 0 aliphatic rings. The first-order valence-electron chi connectivity index (χ1n) is 6.00. The molecule has 0 radical (unpaired) electrons. The summed E-state index contributed by atoms with van der Waals surface area (Å²) in [5.74, 6) is -2.54. The Kier molecular flexibility index (Phi) is 3.12. The molecule has 0 atom stereocenters. The molecule has 3 heterocycles. The number of hydrogen-bond donors (Lipinski definition) is 0. The third kappa shape index (κ3) is 2.30. The SMILES string of the molecule is COC(=O)c1oc(-c2ccn3nccc3c2)nc1C(F)(F)F. The molecule has 9 heteroatoms. The summed E-state index contributed by atoms with van der Waals surface area (Å²) in [6, 6.07) is 4.69. The Labute approximate surface area is 121 Å². The van der Waals surface area contributed by atoms with E-state index in [-0.39, 0.29) is 11.5 Å². The monoisotopic (exact) mass is 311 g/mol. The van der Waals surface area contributed by atoms with E-state index in [0.717, 1.165) is 7.11 Å². The van der Waals surface area contributed by atoms with E-state index in [1.54, 1.807) is 18.3 Å². The number of alkyl halides is 3. The minimum atomic E-state index is -4.83. The van der Waals surface area contributed by atoms with Crippen LogP contribution in [0.4, 0.5) is 13.2 Å². The van der Waals surface area contributed by atoms with Crippen LogP contribution in [-0.2, 0) is 10.9 Å². The molecule has 0 bridgehead atoms. The zero-order valence-electron chi connectivity index (χ0n) is 11.1. The summed E-state index contributed by atoms with van der Waals surface area (Å²) < 4.78 is 49.6. The summed E-state index contributed by atoms with van der Waals surface area (Å²) >= 11 is 0. The fourth-order valence-electron chi connectivity index (χ4n) is 1.92. The fourth-order valence-corrected chi connectivity index (χ4v) is 1.92. The largest absolute Gasteiger partial charge is 0.463 e. The Balaban J connectivity index is 2.14. The highest BCUT2D eigenvalue weighted by atomic mass is 19.4. The van der Waals surface area contributed by atoms with Crippen molar-refractivity contribution in [3.05, 3.63) is 42.0 Å². The molecular formula is C13H8F3N3O3. The summed E-state index contributed by atoms with van der Waals surface area (Å²) in [6.07, 6.45) is -1.75. The van der Waals surface area contributed by atoms with Crippen molar-refractivity contribution in [3.63, 3.8) is 0 Å². The molecule has 3 rings (SSSR count). The fraction of sp³-hybridized carbons (Fsp3) is 0.154. The first kappa shape index (κ1) is 14.1. The molecule has 6 nitrogen and oxygen atoms in total. The lowest BCUT2D eigenvalue weighted by molar-refractivity contribution is -0.141. The van der Waals surface area contributed by atoms with E-state index < -0.39 is 23.6 Å². The van der Waals surface area contributed by atoms with Gasteiger partial charge in [-0.25, -0.2) is 14.3 Å². The summed E-state index contributed by atoms with van der Waals surface area (Å²) in [5, 5.41) is 3.97. The third-order valence-electron chi connectivity index (χ3n) is 2.91. The number of carbonyl (C=O) groups is 1. The molecule has 3 aromatic rings. The summed E-state index contributed by atoms with van der Waals surface area (Å²) in [4.78, 5) is 14.8. The number of halogens is 3. The molecule has 0 aliphatic heterocycles. The lowest BCUT2D eigenvalue weighted by atomic mass is 10.2. The van der Waals surface area contributed by atoms with Crippen LogP contribution in [0.15, 0.2) is 35.0 Å². The first-order valence-corrected chi connectivity index (χ1v) is 6.00. The second-order valence-electron chi connectivity index (χ2n) is 4.30. The highest BCUT2D eigenvalue weighted by Gasteiger charge is 2.41. The van der Waals surface area contributed by atoms with Crippen molar-refractivity contribution >= 4 is 11.5 Å². The summed E-state index contributed by atoms with van der Waals surface area (Å²) in [7, 11) is 0.961. The highest BCUT2D eigenvalue weighted by Crippen LogP contribution is 2.34. The number of rotatable bonds is 2. The van der Waals surface area contributed by atoms with E-state index in [1.807, 2.05) is 0 Å². The van der Waals surface area contributed by atoms with Crippen LogP contribution in [0.2, 0.25) is 0 Å². The van der Waals surface area contributed by atoms with Gasteiger partial charge in [-0.3, -0.25) is 0 Å². The second-order valence-corrected chi connectivity index (χ2v) is 4.30. The van der Waals surface area contributed by atoms with Gasteiger partial charge in [-0.05, 0) is 18.2 Å². The number of ether oxygens (including phenoxy) is 1. The van der Waals surface area contributed by atoms with Crippen molar-refractivity contribution in [1.29, 1.82) is 0 Å². The number of pyridine rings is 1. The highest BCUT2D eigenvalue weighted by molar-refractivity contribution is 5.88. The first-order chi connectivity index (χ1) is 10.4. The second kappa shape index (κ2) is 4.86. The lowest BCUT2D eigenvalue weighted by Crippen LogP contribution is -2.13. The van der Waals surface area contributed by atoms with Gasteiger partial charge in [-0.1, -0.05) is 0 Å². The van der Waals surface area contributed by atoms with Crippen LogP contribution in [0.25, 0.3) is 17.0 Å². The molecule has 0 aromatic carbocycles. The van der Waals surface area contributed by atoms with Crippen LogP contribution < -0.4 is 0 Å². The Bertz CT molecular complexity index is 851. The molecule has 0 fully saturated rings. The van der Waals surface area contributed by atoms with Crippen molar-refractivity contribution in [2.45, 2.75) is 6.18 Å². The molecule has 0 aliphatic carbocycles. The van der Waals surface area contributed by atoms with Crippen LogP contribution in [0.1, 0.15) is 16.2 Å². The van der Waals surface area contributed by atoms with E-state index >= 15 is 0 Å². The van der Waals surface area contributed by atoms with Crippen molar-refractivity contribution in [3.8, 4) is 11.5 Å². The smallest absolute Gasteiger partial charge is 0.437 e. The maximum absolute atomic E-state index is 12.9. The number of carbonyl (C=O) groups excluding carboxylic acids is 1. The number of nitrogens with zero attached hydrogens (tertiary/aromatic N) is 3. The maximum atomic E-state index is 12.9. The van der Waals surface area contributed by atoms with E-state index in [4.69, 9.17) is 4.42 Å². The molecule has 22 heavy (non-hydrogen) atoms. The quantitative estimate of drug-likeness (QED) is 0.681. The van der Waals surface area contributed by atoms with E-state index in [0.29, 0.717) is 5.52 Å². The minimum Gasteiger partial charge on any atom is -0.463 e. The predicted molar refractivity (Wildman–Crippen MR) is 67.0 cm³/mol. The van der Waals surface area contributed by atoms with Crippen molar-refractivity contribution in [1.82, 2.24) is 14.6 Å². The number of aromatic nitrogens is 3. The minimum absolute atomic E-state index is 0.286. The lowest BCUT2D eigenvalue weighted by Gasteiger charge is -2.02. The molecule has 114 valence electrons. The topological polar surface area (TPSA) is 69.6 Å². The van der Waals surface area contributed by atoms with Gasteiger partial charge in [0.05, 0.1) is 12.6 Å². The average Bonchev–Trinajstić information content (AvgIpc) is 3.11. The Hall–Kier alpha value is -2.84. The van der Waals surface area contributed by atoms with Gasteiger partial charge in [-0.2, -0.15) is 18.3 Å². The standard InChI is InChI=1S/C13H8F3N3O3/c1-21-12(20)9-10(13(14,15)16)18-11(22-9)7-3-5-19-8(6-7)2-4-17-19/h2-6H,1H3. The number of esters is 1. The average molecular weight is 311 g/mol. The molecule has 0 unspecified atom stereocenters. The number of hydrogen-bond acceptors (Lipinski definition) is 5. The molecule has 0 spiro atoms. The van der Waals surface area contributed by atoms with Gasteiger partial charge in [0, 0.05) is 18.0 Å². The van der Waals surface area contributed by atoms with Crippen LogP contribution >= 0.6 is 0 Å². The molecular weight excluding hydrogens is 303 g/mol. The van der Waals surface area contributed by atoms with Crippen LogP contribution in [0.3, 0.4) is 0 Å². The van der Waals surface area contributed by atoms with Gasteiger partial charge < -0.3 is 9.15 Å². The van der Waals surface area contributed by atoms with E-state index in [9.17, 15) is 18.0 Å². The van der Waals surface area contributed by atoms with Gasteiger partial charge in [0.25, 0.3) is 0 Å². The molecule has 3 aromatic heterocycles. The van der Waals surface area contributed by atoms with Gasteiger partial charge in [0.15, 0.2) is 5.69 Å². The van der Waals surface area contributed by atoms with Crippen molar-refractivity contribution in [2.75, 3.05) is 7.11 Å². The predicted octanol–water partition coefficient (Wildman–Crippen LogP) is 2.79. The van der Waals surface area contributed by atoms with Gasteiger partial charge >= 0.3 is 12.1 Å². The Morgan fingerprint density at radius 3 is 2.82 bits per heavy atom. The van der Waals surface area contributed by atoms with Gasteiger partial charge in [-0.15, -0.1) is 0 Å². The number of methoxy groups -OCH3 is 1. The molecule has 0 saturated heterocycles. The van der Waals surface area contributed by atoms with E-state index in [2.05, 4.69) is 14.8 Å². The van der Waals surface area contributed by atoms with Crippen molar-refractivity contribution < 1.29 is 27.1 Å². The third-order valence-corrected chi connectivity index (χ3v) is 2.91. The van der Waals surface area contributed by atoms with Crippen LogP contribution in [0, 0.1) is 0 Å².